The quantitative estimate of drug-likeness (QED) is 0.749. The molecule has 0 aliphatic heterocycles. The highest BCUT2D eigenvalue weighted by Gasteiger charge is 2.05. The number of rotatable bonds is 4. The lowest BCUT2D eigenvalue weighted by Gasteiger charge is -2.12. The van der Waals surface area contributed by atoms with Gasteiger partial charge in [-0.05, 0) is 25.0 Å². The molecule has 80 valence electrons. The lowest BCUT2D eigenvalue weighted by molar-refractivity contribution is -0.117. The molecule has 1 rings (SSSR count). The summed E-state index contributed by atoms with van der Waals surface area (Å²) >= 11 is 0. The highest BCUT2D eigenvalue weighted by Crippen LogP contribution is 2.10. The number of allylic oxidation sites excluding steroid dienone is 1. The van der Waals surface area contributed by atoms with Crippen LogP contribution in [-0.4, -0.2) is 5.91 Å². The van der Waals surface area contributed by atoms with Gasteiger partial charge in [0.15, 0.2) is 0 Å². The zero-order valence-electron chi connectivity index (χ0n) is 9.23. The number of amides is 1. The largest absolute Gasteiger partial charge is 0.346 e. The summed E-state index contributed by atoms with van der Waals surface area (Å²) < 4.78 is 0. The molecule has 0 bridgehead atoms. The highest BCUT2D eigenvalue weighted by molar-refractivity contribution is 5.87. The van der Waals surface area contributed by atoms with Crippen molar-refractivity contribution in [2.75, 3.05) is 0 Å². The van der Waals surface area contributed by atoms with E-state index >= 15 is 0 Å². The first-order valence-electron chi connectivity index (χ1n) is 5.26. The second-order valence-corrected chi connectivity index (χ2v) is 3.45. The predicted molar refractivity (Wildman–Crippen MR) is 62.4 cm³/mol. The minimum atomic E-state index is -0.0341. The Morgan fingerprint density at radius 3 is 2.67 bits per heavy atom. The van der Waals surface area contributed by atoms with E-state index in [0.717, 1.165) is 12.0 Å². The van der Waals surface area contributed by atoms with Crippen LogP contribution < -0.4 is 5.32 Å². The molecule has 15 heavy (non-hydrogen) atoms. The maximum absolute atomic E-state index is 11.4. The second kappa shape index (κ2) is 6.02. The topological polar surface area (TPSA) is 29.1 Å². The normalized spacial score (nSPS) is 12.7. The Balaban J connectivity index is 2.53. The Hall–Kier alpha value is -1.57. The zero-order chi connectivity index (χ0) is 11.1. The number of carbonyl (C=O) groups excluding carboxylic acids is 1. The molecular formula is C13H17NO. The van der Waals surface area contributed by atoms with Gasteiger partial charge in [-0.3, -0.25) is 4.79 Å². The van der Waals surface area contributed by atoms with Crippen molar-refractivity contribution in [3.05, 3.63) is 48.0 Å². The number of hydrogen-bond donors (Lipinski definition) is 1. The summed E-state index contributed by atoms with van der Waals surface area (Å²) in [5.41, 5.74) is 1.12. The molecule has 0 aromatic heterocycles. The lowest BCUT2D eigenvalue weighted by atomic mass is 10.1. The predicted octanol–water partition coefficient (Wildman–Crippen LogP) is 2.83. The van der Waals surface area contributed by atoms with Crippen LogP contribution in [-0.2, 0) is 4.79 Å². The van der Waals surface area contributed by atoms with Crippen LogP contribution in [0.5, 0.6) is 0 Å². The molecule has 2 nitrogen and oxygen atoms in total. The van der Waals surface area contributed by atoms with Crippen molar-refractivity contribution in [3.63, 3.8) is 0 Å². The third-order valence-corrected chi connectivity index (χ3v) is 2.16. The van der Waals surface area contributed by atoms with Gasteiger partial charge in [-0.2, -0.15) is 0 Å². The van der Waals surface area contributed by atoms with Gasteiger partial charge in [-0.15, -0.1) is 0 Å². The summed E-state index contributed by atoms with van der Waals surface area (Å²) in [4.78, 5) is 11.4. The molecule has 0 spiro atoms. The van der Waals surface area contributed by atoms with Gasteiger partial charge in [-0.1, -0.05) is 43.3 Å². The Kier molecular flexibility index (Phi) is 4.61. The molecule has 0 radical (unpaired) electrons. The number of hydrogen-bond acceptors (Lipinski definition) is 1. The maximum atomic E-state index is 11.4. The number of benzene rings is 1. The summed E-state index contributed by atoms with van der Waals surface area (Å²) in [6, 6.07) is 9.98. The van der Waals surface area contributed by atoms with Crippen LogP contribution in [0, 0.1) is 0 Å². The summed E-state index contributed by atoms with van der Waals surface area (Å²) in [6.45, 7) is 3.98. The van der Waals surface area contributed by atoms with Crippen molar-refractivity contribution in [3.8, 4) is 0 Å². The van der Waals surface area contributed by atoms with E-state index in [4.69, 9.17) is 0 Å². The third kappa shape index (κ3) is 3.98. The van der Waals surface area contributed by atoms with Crippen LogP contribution in [0.25, 0.3) is 0 Å². The molecule has 0 aliphatic rings. The summed E-state index contributed by atoms with van der Waals surface area (Å²) in [5.74, 6) is -0.0341. The van der Waals surface area contributed by atoms with Crippen molar-refractivity contribution in [2.24, 2.45) is 0 Å². The first-order chi connectivity index (χ1) is 7.24. The van der Waals surface area contributed by atoms with Crippen LogP contribution >= 0.6 is 0 Å². The summed E-state index contributed by atoms with van der Waals surface area (Å²) in [6.07, 6.45) is 4.32. The Bertz CT molecular complexity index is 330. The van der Waals surface area contributed by atoms with Gasteiger partial charge in [0.25, 0.3) is 0 Å². The van der Waals surface area contributed by atoms with E-state index in [0.29, 0.717) is 0 Å². The lowest BCUT2D eigenvalue weighted by Crippen LogP contribution is -2.24. The summed E-state index contributed by atoms with van der Waals surface area (Å²) in [7, 11) is 0. The SMILES string of the molecule is CC/C=C/C(=O)NC(C)c1ccccc1. The number of nitrogens with one attached hydrogen (secondary N) is 1. The average Bonchev–Trinajstić information content (AvgIpc) is 2.27. The fourth-order valence-corrected chi connectivity index (χ4v) is 1.31. The van der Waals surface area contributed by atoms with E-state index in [2.05, 4.69) is 5.32 Å². The molecule has 0 fully saturated rings. The van der Waals surface area contributed by atoms with Crippen LogP contribution in [0.4, 0.5) is 0 Å². The van der Waals surface area contributed by atoms with Gasteiger partial charge in [0.05, 0.1) is 6.04 Å². The smallest absolute Gasteiger partial charge is 0.244 e. The Morgan fingerprint density at radius 1 is 1.40 bits per heavy atom. The zero-order valence-corrected chi connectivity index (χ0v) is 9.23. The highest BCUT2D eigenvalue weighted by atomic mass is 16.1. The Morgan fingerprint density at radius 2 is 2.07 bits per heavy atom. The van der Waals surface area contributed by atoms with E-state index < -0.39 is 0 Å². The van der Waals surface area contributed by atoms with Crippen LogP contribution in [0.15, 0.2) is 42.5 Å². The van der Waals surface area contributed by atoms with E-state index in [1.54, 1.807) is 6.08 Å². The molecule has 1 aromatic rings. The minimum absolute atomic E-state index is 0.0341. The molecule has 0 saturated carbocycles. The molecule has 0 heterocycles. The van der Waals surface area contributed by atoms with Crippen LogP contribution in [0.2, 0.25) is 0 Å². The molecule has 0 aliphatic carbocycles. The fourth-order valence-electron chi connectivity index (χ4n) is 1.31. The van der Waals surface area contributed by atoms with Crippen molar-refractivity contribution in [2.45, 2.75) is 26.3 Å². The minimum Gasteiger partial charge on any atom is -0.346 e. The van der Waals surface area contributed by atoms with Crippen LogP contribution in [0.3, 0.4) is 0 Å². The van der Waals surface area contributed by atoms with Gasteiger partial charge >= 0.3 is 0 Å². The van der Waals surface area contributed by atoms with Gasteiger partial charge < -0.3 is 5.32 Å². The van der Waals surface area contributed by atoms with Gasteiger partial charge in [0, 0.05) is 0 Å². The molecule has 2 heteroatoms. The molecule has 0 saturated heterocycles. The van der Waals surface area contributed by atoms with Gasteiger partial charge in [0.1, 0.15) is 0 Å². The second-order valence-electron chi connectivity index (χ2n) is 3.45. The Labute approximate surface area is 91.0 Å². The first kappa shape index (κ1) is 11.5. The van der Waals surface area contributed by atoms with E-state index in [1.165, 1.54) is 0 Å². The molecule has 1 unspecified atom stereocenters. The van der Waals surface area contributed by atoms with Crippen molar-refractivity contribution in [1.82, 2.24) is 5.32 Å². The van der Waals surface area contributed by atoms with Gasteiger partial charge in [-0.25, -0.2) is 0 Å². The fraction of sp³-hybridized carbons (Fsp3) is 0.308. The van der Waals surface area contributed by atoms with Crippen molar-refractivity contribution in [1.29, 1.82) is 0 Å². The molecule has 1 amide bonds. The van der Waals surface area contributed by atoms with E-state index in [1.807, 2.05) is 50.3 Å². The maximum Gasteiger partial charge on any atom is 0.244 e. The van der Waals surface area contributed by atoms with E-state index in [-0.39, 0.29) is 11.9 Å². The standard InChI is InChI=1S/C13H17NO/c1-3-4-10-13(15)14-11(2)12-8-6-5-7-9-12/h4-11H,3H2,1-2H3,(H,14,15)/b10-4+. The first-order valence-corrected chi connectivity index (χ1v) is 5.26. The molecule has 1 aromatic carbocycles. The average molecular weight is 203 g/mol. The van der Waals surface area contributed by atoms with Crippen molar-refractivity contribution < 1.29 is 4.79 Å². The summed E-state index contributed by atoms with van der Waals surface area (Å²) in [5, 5.41) is 2.91. The van der Waals surface area contributed by atoms with Crippen LogP contribution in [0.1, 0.15) is 31.9 Å². The number of carbonyl (C=O) groups is 1. The monoisotopic (exact) mass is 203 g/mol. The third-order valence-electron chi connectivity index (χ3n) is 2.16. The molecule has 1 N–H and O–H groups in total. The molecular weight excluding hydrogens is 186 g/mol. The van der Waals surface area contributed by atoms with E-state index in [9.17, 15) is 4.79 Å². The molecule has 1 atom stereocenters. The van der Waals surface area contributed by atoms with Crippen molar-refractivity contribution >= 4 is 5.91 Å². The van der Waals surface area contributed by atoms with Gasteiger partial charge in [0.2, 0.25) is 5.91 Å².